The summed E-state index contributed by atoms with van der Waals surface area (Å²) in [5.74, 6) is -0.303. The van der Waals surface area contributed by atoms with Crippen LogP contribution in [-0.2, 0) is 14.6 Å². The van der Waals surface area contributed by atoms with Gasteiger partial charge in [0.15, 0.2) is 15.9 Å². The monoisotopic (exact) mass is 301 g/mol. The number of sulfone groups is 1. The van der Waals surface area contributed by atoms with Gasteiger partial charge in [-0.3, -0.25) is 4.79 Å². The average Bonchev–Trinajstić information content (AvgIpc) is 2.71. The smallest absolute Gasteiger partial charge is 0.261 e. The van der Waals surface area contributed by atoms with E-state index in [4.69, 9.17) is 4.74 Å². The van der Waals surface area contributed by atoms with Gasteiger partial charge in [0.2, 0.25) is 0 Å². The standard InChI is InChI=1S/C13H16FNO4S/c1-9(19-12-4-2-10(14)3-5-12)13(16)15-11-6-7-20(17,18)8-11/h2-5,9,11H,6-8H2,1H3,(H,15,16)/t9-,11-/m1/s1. The van der Waals surface area contributed by atoms with Crippen LogP contribution in [0.2, 0.25) is 0 Å². The summed E-state index contributed by atoms with van der Waals surface area (Å²) >= 11 is 0. The van der Waals surface area contributed by atoms with Crippen LogP contribution in [0.25, 0.3) is 0 Å². The van der Waals surface area contributed by atoms with E-state index >= 15 is 0 Å². The molecule has 0 aliphatic carbocycles. The summed E-state index contributed by atoms with van der Waals surface area (Å²) in [7, 11) is -3.03. The fourth-order valence-corrected chi connectivity index (χ4v) is 3.67. The summed E-state index contributed by atoms with van der Waals surface area (Å²) in [5, 5.41) is 2.65. The minimum atomic E-state index is -3.03. The molecule has 1 saturated heterocycles. The number of amides is 1. The van der Waals surface area contributed by atoms with Gasteiger partial charge in [-0.15, -0.1) is 0 Å². The molecule has 1 heterocycles. The largest absolute Gasteiger partial charge is 0.481 e. The molecular formula is C13H16FNO4S. The van der Waals surface area contributed by atoms with Crippen LogP contribution in [-0.4, -0.2) is 38.0 Å². The van der Waals surface area contributed by atoms with Crippen molar-refractivity contribution < 1.29 is 22.3 Å². The molecule has 0 spiro atoms. The first-order valence-electron chi connectivity index (χ1n) is 6.29. The van der Waals surface area contributed by atoms with E-state index in [1.165, 1.54) is 24.3 Å². The molecule has 5 nitrogen and oxygen atoms in total. The molecule has 0 unspecified atom stereocenters. The molecule has 1 aliphatic heterocycles. The van der Waals surface area contributed by atoms with E-state index in [0.29, 0.717) is 12.2 Å². The van der Waals surface area contributed by atoms with Crippen LogP contribution in [0.15, 0.2) is 24.3 Å². The number of ether oxygens (including phenoxy) is 1. The summed E-state index contributed by atoms with van der Waals surface area (Å²) in [6, 6.07) is 4.98. The van der Waals surface area contributed by atoms with Crippen molar-refractivity contribution in [2.45, 2.75) is 25.5 Å². The van der Waals surface area contributed by atoms with Crippen LogP contribution in [0.4, 0.5) is 4.39 Å². The highest BCUT2D eigenvalue weighted by Crippen LogP contribution is 2.14. The minimum absolute atomic E-state index is 0.0258. The zero-order chi connectivity index (χ0) is 14.8. The van der Waals surface area contributed by atoms with E-state index in [-0.39, 0.29) is 29.3 Å². The Hall–Kier alpha value is -1.63. The highest BCUT2D eigenvalue weighted by Gasteiger charge is 2.30. The van der Waals surface area contributed by atoms with Crippen molar-refractivity contribution in [3.8, 4) is 5.75 Å². The lowest BCUT2D eigenvalue weighted by molar-refractivity contribution is -0.127. The van der Waals surface area contributed by atoms with Crippen LogP contribution in [0.5, 0.6) is 5.75 Å². The number of benzene rings is 1. The Morgan fingerprint density at radius 2 is 2.05 bits per heavy atom. The number of carbonyl (C=O) groups excluding carboxylic acids is 1. The quantitative estimate of drug-likeness (QED) is 0.896. The predicted octanol–water partition coefficient (Wildman–Crippen LogP) is 0.896. The maximum absolute atomic E-state index is 12.7. The Labute approximate surface area is 117 Å². The van der Waals surface area contributed by atoms with Gasteiger partial charge in [-0.1, -0.05) is 0 Å². The molecule has 7 heteroatoms. The minimum Gasteiger partial charge on any atom is -0.481 e. The van der Waals surface area contributed by atoms with Crippen LogP contribution < -0.4 is 10.1 Å². The maximum atomic E-state index is 12.7. The summed E-state index contributed by atoms with van der Waals surface area (Å²) in [6.45, 7) is 1.56. The molecule has 1 aromatic carbocycles. The van der Waals surface area contributed by atoms with Gasteiger partial charge >= 0.3 is 0 Å². The van der Waals surface area contributed by atoms with E-state index in [1.54, 1.807) is 6.92 Å². The van der Waals surface area contributed by atoms with Gasteiger partial charge in [0.25, 0.3) is 5.91 Å². The molecule has 110 valence electrons. The Balaban J connectivity index is 1.88. The first-order chi connectivity index (χ1) is 9.35. The van der Waals surface area contributed by atoms with Gasteiger partial charge in [0.1, 0.15) is 11.6 Å². The Morgan fingerprint density at radius 1 is 1.40 bits per heavy atom. The van der Waals surface area contributed by atoms with Crippen molar-refractivity contribution in [2.24, 2.45) is 0 Å². The third-order valence-corrected chi connectivity index (χ3v) is 4.84. The molecule has 2 rings (SSSR count). The molecule has 1 aromatic rings. The van der Waals surface area contributed by atoms with Gasteiger partial charge < -0.3 is 10.1 Å². The first kappa shape index (κ1) is 14.8. The maximum Gasteiger partial charge on any atom is 0.261 e. The summed E-state index contributed by atoms with van der Waals surface area (Å²) in [4.78, 5) is 11.9. The van der Waals surface area contributed by atoms with E-state index in [0.717, 1.165) is 0 Å². The number of halogens is 1. The molecule has 0 radical (unpaired) electrons. The van der Waals surface area contributed by atoms with E-state index in [1.807, 2.05) is 0 Å². The molecule has 0 bridgehead atoms. The van der Waals surface area contributed by atoms with E-state index in [2.05, 4.69) is 5.32 Å². The number of nitrogens with one attached hydrogen (secondary N) is 1. The van der Waals surface area contributed by atoms with Crippen molar-refractivity contribution in [1.82, 2.24) is 5.32 Å². The second-order valence-electron chi connectivity index (χ2n) is 4.82. The Bertz CT molecular complexity index is 585. The molecule has 20 heavy (non-hydrogen) atoms. The predicted molar refractivity (Wildman–Crippen MR) is 71.7 cm³/mol. The van der Waals surface area contributed by atoms with E-state index < -0.39 is 15.9 Å². The fourth-order valence-electron chi connectivity index (χ4n) is 2.00. The summed E-state index contributed by atoms with van der Waals surface area (Å²) < 4.78 is 40.7. The fraction of sp³-hybridized carbons (Fsp3) is 0.462. The zero-order valence-corrected chi connectivity index (χ0v) is 11.8. The molecule has 1 aliphatic rings. The normalized spacial score (nSPS) is 22.2. The SMILES string of the molecule is C[C@@H](Oc1ccc(F)cc1)C(=O)N[C@@H]1CCS(=O)(=O)C1. The summed E-state index contributed by atoms with van der Waals surface area (Å²) in [6.07, 6.45) is -0.346. The first-order valence-corrected chi connectivity index (χ1v) is 8.11. The lowest BCUT2D eigenvalue weighted by atomic mass is 10.2. The van der Waals surface area contributed by atoms with Gasteiger partial charge in [0.05, 0.1) is 11.5 Å². The van der Waals surface area contributed by atoms with Gasteiger partial charge in [-0.05, 0) is 37.6 Å². The lowest BCUT2D eigenvalue weighted by Gasteiger charge is -2.17. The third-order valence-electron chi connectivity index (χ3n) is 3.07. The van der Waals surface area contributed by atoms with Gasteiger partial charge in [-0.2, -0.15) is 0 Å². The van der Waals surface area contributed by atoms with Crippen molar-refractivity contribution in [2.75, 3.05) is 11.5 Å². The second kappa shape index (κ2) is 5.78. The van der Waals surface area contributed by atoms with Crippen molar-refractivity contribution in [1.29, 1.82) is 0 Å². The van der Waals surface area contributed by atoms with Gasteiger partial charge in [0, 0.05) is 6.04 Å². The number of hydrogen-bond donors (Lipinski definition) is 1. The van der Waals surface area contributed by atoms with E-state index in [9.17, 15) is 17.6 Å². The van der Waals surface area contributed by atoms with Crippen LogP contribution in [0.1, 0.15) is 13.3 Å². The number of rotatable bonds is 4. The topological polar surface area (TPSA) is 72.5 Å². The molecule has 1 fully saturated rings. The average molecular weight is 301 g/mol. The number of carbonyl (C=O) groups is 1. The molecule has 1 amide bonds. The second-order valence-corrected chi connectivity index (χ2v) is 7.05. The van der Waals surface area contributed by atoms with Crippen LogP contribution in [0.3, 0.4) is 0 Å². The van der Waals surface area contributed by atoms with Gasteiger partial charge in [-0.25, -0.2) is 12.8 Å². The molecule has 0 saturated carbocycles. The van der Waals surface area contributed by atoms with Crippen molar-refractivity contribution >= 4 is 15.7 Å². The van der Waals surface area contributed by atoms with Crippen molar-refractivity contribution in [3.05, 3.63) is 30.1 Å². The van der Waals surface area contributed by atoms with Crippen LogP contribution >= 0.6 is 0 Å². The lowest BCUT2D eigenvalue weighted by Crippen LogP contribution is -2.43. The summed E-state index contributed by atoms with van der Waals surface area (Å²) in [5.41, 5.74) is 0. The Kier molecular flexibility index (Phi) is 4.27. The molecule has 0 aromatic heterocycles. The number of hydrogen-bond acceptors (Lipinski definition) is 4. The molecule has 1 N–H and O–H groups in total. The Morgan fingerprint density at radius 3 is 2.60 bits per heavy atom. The third kappa shape index (κ3) is 3.93. The highest BCUT2D eigenvalue weighted by molar-refractivity contribution is 7.91. The molecular weight excluding hydrogens is 285 g/mol. The highest BCUT2D eigenvalue weighted by atomic mass is 32.2. The van der Waals surface area contributed by atoms with Crippen molar-refractivity contribution in [3.63, 3.8) is 0 Å². The van der Waals surface area contributed by atoms with Crippen LogP contribution in [0, 0.1) is 5.82 Å². The zero-order valence-electron chi connectivity index (χ0n) is 11.0. The molecule has 2 atom stereocenters.